The van der Waals surface area contributed by atoms with Crippen LogP contribution >= 0.6 is 15.9 Å². The number of methoxy groups -OCH3 is 1. The quantitative estimate of drug-likeness (QED) is 0.756. The molecule has 1 atom stereocenters. The second kappa shape index (κ2) is 6.15. The van der Waals surface area contributed by atoms with E-state index in [4.69, 9.17) is 9.47 Å². The molecule has 1 aliphatic rings. The van der Waals surface area contributed by atoms with E-state index in [1.807, 2.05) is 0 Å². The monoisotopic (exact) mass is 334 g/mol. The first-order valence-corrected chi connectivity index (χ1v) is 8.00. The van der Waals surface area contributed by atoms with Gasteiger partial charge in [0.1, 0.15) is 5.75 Å². The molecule has 0 N–H and O–H groups in total. The van der Waals surface area contributed by atoms with Crippen LogP contribution in [0.2, 0.25) is 0 Å². The molecule has 3 heteroatoms. The summed E-state index contributed by atoms with van der Waals surface area (Å²) in [7, 11) is 1.73. The summed E-state index contributed by atoms with van der Waals surface area (Å²) >= 11 is 3.92. The lowest BCUT2D eigenvalue weighted by Crippen LogP contribution is -2.19. The van der Waals surface area contributed by atoms with E-state index in [1.54, 1.807) is 7.11 Å². The minimum atomic E-state index is 0.377. The van der Waals surface area contributed by atoms with Crippen LogP contribution in [0.25, 0.3) is 10.8 Å². The maximum absolute atomic E-state index is 5.47. The minimum Gasteiger partial charge on any atom is -0.496 e. The maximum Gasteiger partial charge on any atom is 0.126 e. The van der Waals surface area contributed by atoms with Gasteiger partial charge in [0.15, 0.2) is 0 Å². The molecule has 2 aromatic carbocycles. The summed E-state index contributed by atoms with van der Waals surface area (Å²) in [4.78, 5) is 0.377. The topological polar surface area (TPSA) is 18.5 Å². The van der Waals surface area contributed by atoms with E-state index in [1.165, 1.54) is 16.3 Å². The van der Waals surface area contributed by atoms with Crippen molar-refractivity contribution in [2.45, 2.75) is 17.7 Å². The molecular formula is C17H19BrO2. The van der Waals surface area contributed by atoms with Crippen molar-refractivity contribution in [3.63, 3.8) is 0 Å². The molecule has 1 unspecified atom stereocenters. The Bertz CT molecular complexity index is 591. The standard InChI is InChI=1S/C17H19BrO2/c1-19-16-7-6-15(13-4-2-3-5-14(13)16)17(18)12-8-10-20-11-9-12/h2-7,12,17H,8-11H2,1H3. The van der Waals surface area contributed by atoms with Crippen LogP contribution < -0.4 is 4.74 Å². The average Bonchev–Trinajstić information content (AvgIpc) is 2.54. The average molecular weight is 335 g/mol. The van der Waals surface area contributed by atoms with Crippen molar-refractivity contribution >= 4 is 26.7 Å². The Morgan fingerprint density at radius 2 is 1.80 bits per heavy atom. The van der Waals surface area contributed by atoms with Crippen molar-refractivity contribution in [2.24, 2.45) is 5.92 Å². The Morgan fingerprint density at radius 3 is 2.50 bits per heavy atom. The van der Waals surface area contributed by atoms with Gasteiger partial charge in [-0.3, -0.25) is 0 Å². The molecule has 1 aliphatic heterocycles. The maximum atomic E-state index is 5.47. The van der Waals surface area contributed by atoms with Crippen LogP contribution in [0.4, 0.5) is 0 Å². The lowest BCUT2D eigenvalue weighted by Gasteiger charge is -2.27. The van der Waals surface area contributed by atoms with Crippen LogP contribution in [0.1, 0.15) is 23.2 Å². The van der Waals surface area contributed by atoms with Gasteiger partial charge in [-0.05, 0) is 35.8 Å². The lowest BCUT2D eigenvalue weighted by molar-refractivity contribution is 0.0663. The highest BCUT2D eigenvalue weighted by Gasteiger charge is 2.24. The second-order valence-electron chi connectivity index (χ2n) is 5.25. The molecule has 0 aromatic heterocycles. The van der Waals surface area contributed by atoms with Crippen molar-refractivity contribution < 1.29 is 9.47 Å². The molecule has 3 rings (SSSR count). The Kier molecular flexibility index (Phi) is 4.27. The molecule has 2 aromatic rings. The fourth-order valence-electron chi connectivity index (χ4n) is 2.98. The first kappa shape index (κ1) is 13.9. The van der Waals surface area contributed by atoms with E-state index >= 15 is 0 Å². The summed E-state index contributed by atoms with van der Waals surface area (Å²) in [5.41, 5.74) is 1.35. The van der Waals surface area contributed by atoms with Gasteiger partial charge < -0.3 is 9.47 Å². The normalized spacial score (nSPS) is 18.1. The minimum absolute atomic E-state index is 0.377. The number of ether oxygens (including phenoxy) is 2. The van der Waals surface area contributed by atoms with Crippen LogP contribution in [0, 0.1) is 5.92 Å². The van der Waals surface area contributed by atoms with Crippen LogP contribution in [-0.4, -0.2) is 20.3 Å². The van der Waals surface area contributed by atoms with Gasteiger partial charge in [-0.1, -0.05) is 46.3 Å². The fourth-order valence-corrected chi connectivity index (χ4v) is 3.90. The molecule has 2 nitrogen and oxygen atoms in total. The Morgan fingerprint density at radius 1 is 1.10 bits per heavy atom. The number of hydrogen-bond donors (Lipinski definition) is 0. The third-order valence-corrected chi connectivity index (χ3v) is 5.36. The fraction of sp³-hybridized carbons (Fsp3) is 0.412. The smallest absolute Gasteiger partial charge is 0.126 e. The highest BCUT2D eigenvalue weighted by molar-refractivity contribution is 9.09. The number of alkyl halides is 1. The summed E-state index contributed by atoms with van der Waals surface area (Å²) in [6.45, 7) is 1.75. The molecule has 20 heavy (non-hydrogen) atoms. The number of benzene rings is 2. The Hall–Kier alpha value is -1.06. The van der Waals surface area contributed by atoms with Gasteiger partial charge in [0, 0.05) is 23.4 Å². The number of hydrogen-bond acceptors (Lipinski definition) is 2. The molecule has 1 saturated heterocycles. The summed E-state index contributed by atoms with van der Waals surface area (Å²) in [5.74, 6) is 1.58. The van der Waals surface area contributed by atoms with Crippen molar-refractivity contribution in [1.29, 1.82) is 0 Å². The van der Waals surface area contributed by atoms with Gasteiger partial charge in [-0.15, -0.1) is 0 Å². The van der Waals surface area contributed by atoms with Crippen molar-refractivity contribution in [2.75, 3.05) is 20.3 Å². The van der Waals surface area contributed by atoms with E-state index in [-0.39, 0.29) is 0 Å². The predicted molar refractivity (Wildman–Crippen MR) is 85.7 cm³/mol. The Labute approximate surface area is 128 Å². The molecule has 0 aliphatic carbocycles. The van der Waals surface area contributed by atoms with E-state index in [0.717, 1.165) is 31.8 Å². The van der Waals surface area contributed by atoms with Crippen LogP contribution in [-0.2, 0) is 4.74 Å². The molecule has 106 valence electrons. The molecule has 0 amide bonds. The van der Waals surface area contributed by atoms with E-state index < -0.39 is 0 Å². The molecule has 0 radical (unpaired) electrons. The highest BCUT2D eigenvalue weighted by atomic mass is 79.9. The summed E-state index contributed by atoms with van der Waals surface area (Å²) in [6.07, 6.45) is 2.24. The zero-order valence-electron chi connectivity index (χ0n) is 11.6. The first-order valence-electron chi connectivity index (χ1n) is 7.08. The molecule has 0 spiro atoms. The van der Waals surface area contributed by atoms with Gasteiger partial charge in [0.05, 0.1) is 7.11 Å². The van der Waals surface area contributed by atoms with E-state index in [2.05, 4.69) is 52.3 Å². The molecule has 0 bridgehead atoms. The summed E-state index contributed by atoms with van der Waals surface area (Å²) in [6, 6.07) is 12.7. The SMILES string of the molecule is COc1ccc(C(Br)C2CCOCC2)c2ccccc12. The first-order chi connectivity index (χ1) is 9.81. The Balaban J connectivity index is 2.02. The van der Waals surface area contributed by atoms with Crippen molar-refractivity contribution in [1.82, 2.24) is 0 Å². The zero-order valence-corrected chi connectivity index (χ0v) is 13.2. The zero-order chi connectivity index (χ0) is 13.9. The van der Waals surface area contributed by atoms with Gasteiger partial charge in [-0.25, -0.2) is 0 Å². The van der Waals surface area contributed by atoms with Gasteiger partial charge >= 0.3 is 0 Å². The third kappa shape index (κ3) is 2.57. The summed E-state index contributed by atoms with van der Waals surface area (Å²) in [5, 5.41) is 2.46. The third-order valence-electron chi connectivity index (χ3n) is 4.11. The summed E-state index contributed by atoms with van der Waals surface area (Å²) < 4.78 is 10.9. The van der Waals surface area contributed by atoms with Gasteiger partial charge in [0.2, 0.25) is 0 Å². The molecule has 0 saturated carbocycles. The van der Waals surface area contributed by atoms with E-state index in [9.17, 15) is 0 Å². The lowest BCUT2D eigenvalue weighted by atomic mass is 9.89. The highest BCUT2D eigenvalue weighted by Crippen LogP contribution is 2.41. The van der Waals surface area contributed by atoms with Crippen LogP contribution in [0.3, 0.4) is 0 Å². The predicted octanol–water partition coefficient (Wildman–Crippen LogP) is 4.71. The number of halogens is 1. The van der Waals surface area contributed by atoms with Crippen molar-refractivity contribution in [3.05, 3.63) is 42.0 Å². The molecule has 1 heterocycles. The largest absolute Gasteiger partial charge is 0.496 e. The van der Waals surface area contributed by atoms with Gasteiger partial charge in [-0.2, -0.15) is 0 Å². The molecule has 1 fully saturated rings. The number of fused-ring (bicyclic) bond motifs is 1. The van der Waals surface area contributed by atoms with Crippen LogP contribution in [0.15, 0.2) is 36.4 Å². The number of rotatable bonds is 3. The van der Waals surface area contributed by atoms with Gasteiger partial charge in [0.25, 0.3) is 0 Å². The van der Waals surface area contributed by atoms with E-state index in [0.29, 0.717) is 10.7 Å². The van der Waals surface area contributed by atoms with Crippen molar-refractivity contribution in [3.8, 4) is 5.75 Å². The van der Waals surface area contributed by atoms with Crippen LogP contribution in [0.5, 0.6) is 5.75 Å². The molecular weight excluding hydrogens is 316 g/mol. The second-order valence-corrected chi connectivity index (χ2v) is 6.24.